The normalized spacial score (nSPS) is 11.1. The molecule has 0 N–H and O–H groups in total. The van der Waals surface area contributed by atoms with Gasteiger partial charge in [-0.1, -0.05) is 48.5 Å². The summed E-state index contributed by atoms with van der Waals surface area (Å²) in [4.78, 5) is 8.92. The van der Waals surface area contributed by atoms with Crippen LogP contribution in [-0.2, 0) is 19.7 Å². The first-order valence-corrected chi connectivity index (χ1v) is 9.71. The van der Waals surface area contributed by atoms with E-state index in [1.54, 1.807) is 0 Å². The van der Waals surface area contributed by atoms with Gasteiger partial charge in [-0.3, -0.25) is 9.88 Å². The summed E-state index contributed by atoms with van der Waals surface area (Å²) in [6.07, 6.45) is 3.77. The molecule has 0 spiro atoms. The monoisotopic (exact) mass is 375 g/mol. The molecule has 0 fully saturated rings. The molecule has 3 aromatic rings. The number of nitrogens with zero attached hydrogens (tertiary/aromatic N) is 3. The highest BCUT2D eigenvalue weighted by atomic mass is 16.5. The molecule has 2 aromatic carbocycles. The fourth-order valence-corrected chi connectivity index (χ4v) is 3.00. The third-order valence-electron chi connectivity index (χ3n) is 4.57. The van der Waals surface area contributed by atoms with Crippen LogP contribution < -0.4 is 4.74 Å². The van der Waals surface area contributed by atoms with E-state index in [1.807, 2.05) is 36.7 Å². The Morgan fingerprint density at radius 2 is 1.46 bits per heavy atom. The maximum atomic E-state index is 5.90. The quantitative estimate of drug-likeness (QED) is 0.530. The highest BCUT2D eigenvalue weighted by Crippen LogP contribution is 2.16. The number of pyridine rings is 1. The molecular formula is C24H29N3O. The van der Waals surface area contributed by atoms with Crippen molar-refractivity contribution in [2.24, 2.45) is 0 Å². The van der Waals surface area contributed by atoms with E-state index in [1.165, 1.54) is 16.7 Å². The third kappa shape index (κ3) is 6.80. The first kappa shape index (κ1) is 20.1. The van der Waals surface area contributed by atoms with Crippen LogP contribution in [0.3, 0.4) is 0 Å². The Hall–Kier alpha value is -2.69. The van der Waals surface area contributed by atoms with E-state index in [0.717, 1.165) is 31.9 Å². The topological polar surface area (TPSA) is 28.6 Å². The van der Waals surface area contributed by atoms with E-state index in [9.17, 15) is 0 Å². The van der Waals surface area contributed by atoms with Crippen LogP contribution in [0.1, 0.15) is 16.7 Å². The lowest BCUT2D eigenvalue weighted by molar-refractivity contribution is 0.226. The van der Waals surface area contributed by atoms with E-state index < -0.39 is 0 Å². The van der Waals surface area contributed by atoms with E-state index in [0.29, 0.717) is 6.61 Å². The van der Waals surface area contributed by atoms with Crippen LogP contribution in [-0.4, -0.2) is 42.0 Å². The zero-order valence-electron chi connectivity index (χ0n) is 16.8. The summed E-state index contributed by atoms with van der Waals surface area (Å²) in [6.45, 7) is 4.43. The fourth-order valence-electron chi connectivity index (χ4n) is 3.00. The molecule has 0 saturated heterocycles. The molecule has 1 aromatic heterocycles. The van der Waals surface area contributed by atoms with Crippen molar-refractivity contribution in [1.82, 2.24) is 14.8 Å². The van der Waals surface area contributed by atoms with E-state index in [4.69, 9.17) is 4.74 Å². The Morgan fingerprint density at radius 1 is 0.750 bits per heavy atom. The van der Waals surface area contributed by atoms with Gasteiger partial charge in [-0.05, 0) is 49.0 Å². The first-order valence-electron chi connectivity index (χ1n) is 9.71. The minimum absolute atomic E-state index is 0.593. The number of hydrogen-bond donors (Lipinski definition) is 0. The molecule has 4 nitrogen and oxygen atoms in total. The van der Waals surface area contributed by atoms with Crippen LogP contribution in [0.5, 0.6) is 5.75 Å². The Balaban J connectivity index is 1.58. The smallest absolute Gasteiger partial charge is 0.119 e. The standard InChI is InChI=1S/C24H29N3O/c1-26(2)15-16-27(19-23-9-6-14-25-17-23)18-21-10-12-24(13-11-21)28-20-22-7-4-3-5-8-22/h3-14,17H,15-16,18-20H2,1-2H3. The zero-order chi connectivity index (χ0) is 19.6. The van der Waals surface area contributed by atoms with Gasteiger partial charge in [-0.2, -0.15) is 0 Å². The molecule has 146 valence electrons. The summed E-state index contributed by atoms with van der Waals surface area (Å²) in [6, 6.07) is 22.8. The Kier molecular flexibility index (Phi) is 7.59. The minimum atomic E-state index is 0.593. The molecule has 0 bridgehead atoms. The summed E-state index contributed by atoms with van der Waals surface area (Å²) < 4.78 is 5.90. The molecule has 0 unspecified atom stereocenters. The first-order chi connectivity index (χ1) is 13.7. The number of rotatable bonds is 10. The SMILES string of the molecule is CN(C)CCN(Cc1ccc(OCc2ccccc2)cc1)Cc1cccnc1. The van der Waals surface area contributed by atoms with Gasteiger partial charge in [0.05, 0.1) is 0 Å². The van der Waals surface area contributed by atoms with Crippen LogP contribution in [0.4, 0.5) is 0 Å². The maximum Gasteiger partial charge on any atom is 0.119 e. The molecule has 0 atom stereocenters. The maximum absolute atomic E-state index is 5.90. The van der Waals surface area contributed by atoms with Gasteiger partial charge in [0, 0.05) is 38.6 Å². The lowest BCUT2D eigenvalue weighted by Gasteiger charge is -2.24. The number of aromatic nitrogens is 1. The second kappa shape index (κ2) is 10.6. The van der Waals surface area contributed by atoms with E-state index in [2.05, 4.69) is 71.3 Å². The van der Waals surface area contributed by atoms with Crippen molar-refractivity contribution >= 4 is 0 Å². The molecule has 0 aliphatic rings. The van der Waals surface area contributed by atoms with Crippen molar-refractivity contribution in [1.29, 1.82) is 0 Å². The summed E-state index contributed by atoms with van der Waals surface area (Å²) in [7, 11) is 4.22. The Labute approximate surface area is 168 Å². The second-order valence-corrected chi connectivity index (χ2v) is 7.29. The van der Waals surface area contributed by atoms with Crippen molar-refractivity contribution in [3.8, 4) is 5.75 Å². The van der Waals surface area contributed by atoms with Crippen molar-refractivity contribution < 1.29 is 4.74 Å². The molecule has 0 saturated carbocycles. The zero-order valence-corrected chi connectivity index (χ0v) is 16.8. The van der Waals surface area contributed by atoms with Crippen molar-refractivity contribution in [2.75, 3.05) is 27.2 Å². The van der Waals surface area contributed by atoms with Crippen LogP contribution in [0, 0.1) is 0 Å². The Bertz CT molecular complexity index is 804. The highest BCUT2D eigenvalue weighted by Gasteiger charge is 2.08. The number of hydrogen-bond acceptors (Lipinski definition) is 4. The third-order valence-corrected chi connectivity index (χ3v) is 4.57. The molecule has 3 rings (SSSR count). The van der Waals surface area contributed by atoms with Gasteiger partial charge in [-0.25, -0.2) is 0 Å². The predicted molar refractivity (Wildman–Crippen MR) is 114 cm³/mol. The van der Waals surface area contributed by atoms with Crippen LogP contribution in [0.25, 0.3) is 0 Å². The average molecular weight is 376 g/mol. The van der Waals surface area contributed by atoms with Crippen molar-refractivity contribution in [2.45, 2.75) is 19.7 Å². The minimum Gasteiger partial charge on any atom is -0.489 e. The predicted octanol–water partition coefficient (Wildman–Crippen LogP) is 4.22. The lowest BCUT2D eigenvalue weighted by Crippen LogP contribution is -2.31. The van der Waals surface area contributed by atoms with Gasteiger partial charge in [0.15, 0.2) is 0 Å². The molecular weight excluding hydrogens is 346 g/mol. The van der Waals surface area contributed by atoms with E-state index in [-0.39, 0.29) is 0 Å². The van der Waals surface area contributed by atoms with Gasteiger partial charge >= 0.3 is 0 Å². The molecule has 0 aliphatic carbocycles. The van der Waals surface area contributed by atoms with Crippen LogP contribution in [0.15, 0.2) is 79.1 Å². The molecule has 4 heteroatoms. The van der Waals surface area contributed by atoms with Gasteiger partial charge in [0.2, 0.25) is 0 Å². The van der Waals surface area contributed by atoms with Gasteiger partial charge in [0.25, 0.3) is 0 Å². The summed E-state index contributed by atoms with van der Waals surface area (Å²) >= 11 is 0. The van der Waals surface area contributed by atoms with Gasteiger partial charge in [-0.15, -0.1) is 0 Å². The van der Waals surface area contributed by atoms with Gasteiger partial charge in [0.1, 0.15) is 12.4 Å². The molecule has 0 aliphatic heterocycles. The summed E-state index contributed by atoms with van der Waals surface area (Å²) in [5, 5.41) is 0. The van der Waals surface area contributed by atoms with Crippen LogP contribution >= 0.6 is 0 Å². The number of ether oxygens (including phenoxy) is 1. The summed E-state index contributed by atoms with van der Waals surface area (Å²) in [5.74, 6) is 0.903. The average Bonchev–Trinajstić information content (AvgIpc) is 2.73. The Morgan fingerprint density at radius 3 is 2.14 bits per heavy atom. The van der Waals surface area contributed by atoms with Crippen molar-refractivity contribution in [3.05, 3.63) is 95.8 Å². The summed E-state index contributed by atoms with van der Waals surface area (Å²) in [5.41, 5.74) is 3.71. The fraction of sp³-hybridized carbons (Fsp3) is 0.292. The van der Waals surface area contributed by atoms with Crippen LogP contribution in [0.2, 0.25) is 0 Å². The lowest BCUT2D eigenvalue weighted by atomic mass is 10.2. The van der Waals surface area contributed by atoms with Gasteiger partial charge < -0.3 is 9.64 Å². The van der Waals surface area contributed by atoms with E-state index >= 15 is 0 Å². The number of benzene rings is 2. The largest absolute Gasteiger partial charge is 0.489 e. The molecule has 1 heterocycles. The molecule has 0 radical (unpaired) electrons. The molecule has 28 heavy (non-hydrogen) atoms. The number of likely N-dealkylation sites (N-methyl/N-ethyl adjacent to an activating group) is 1. The highest BCUT2D eigenvalue weighted by molar-refractivity contribution is 5.28. The van der Waals surface area contributed by atoms with Crippen molar-refractivity contribution in [3.63, 3.8) is 0 Å². The second-order valence-electron chi connectivity index (χ2n) is 7.29. The molecule has 0 amide bonds.